The molecule has 2 amide bonds. The molecule has 3 nitrogen and oxygen atoms in total. The van der Waals surface area contributed by atoms with E-state index in [0.717, 1.165) is 0 Å². The van der Waals surface area contributed by atoms with E-state index in [1.165, 1.54) is 6.07 Å². The van der Waals surface area contributed by atoms with Crippen molar-refractivity contribution >= 4 is 27.7 Å². The molecule has 1 aromatic carbocycles. The van der Waals surface area contributed by atoms with Gasteiger partial charge in [0.05, 0.1) is 9.89 Å². The lowest BCUT2D eigenvalue weighted by Crippen LogP contribution is -2.45. The minimum Gasteiger partial charge on any atom is -0.292 e. The van der Waals surface area contributed by atoms with E-state index in [1.54, 1.807) is 6.07 Å². The minimum absolute atomic E-state index is 0.260. The summed E-state index contributed by atoms with van der Waals surface area (Å²) in [5.41, 5.74) is -0.259. The lowest BCUT2D eigenvalue weighted by atomic mass is 9.86. The van der Waals surface area contributed by atoms with Gasteiger partial charge in [-0.1, -0.05) is 0 Å². The smallest absolute Gasteiger partial charge is 0.258 e. The predicted octanol–water partition coefficient (Wildman–Crippen LogP) is 1.89. The zero-order valence-electron chi connectivity index (χ0n) is 8.14. The maximum absolute atomic E-state index is 14.0. The zero-order valence-corrected chi connectivity index (χ0v) is 9.73. The first-order valence-corrected chi connectivity index (χ1v) is 5.70. The molecule has 0 atom stereocenters. The Kier molecular flexibility index (Phi) is 1.81. The van der Waals surface area contributed by atoms with E-state index >= 15 is 0 Å². The zero-order chi connectivity index (χ0) is 11.5. The summed E-state index contributed by atoms with van der Waals surface area (Å²) in [5.74, 6) is -1.37. The number of halogens is 2. The summed E-state index contributed by atoms with van der Waals surface area (Å²) in [7, 11) is 0. The number of hydrogen-bond acceptors (Lipinski definition) is 2. The standard InChI is InChI=1S/C11H7BrFNO2/c12-6-2-1-5-7(8(6)13)11(3-4-11)10(16)14-9(5)15/h1-2H,3-4H2,(H,14,15,16). The molecule has 1 spiro atoms. The van der Waals surface area contributed by atoms with Crippen molar-refractivity contribution in [3.05, 3.63) is 33.5 Å². The van der Waals surface area contributed by atoms with Crippen molar-refractivity contribution < 1.29 is 14.0 Å². The first kappa shape index (κ1) is 9.96. The van der Waals surface area contributed by atoms with Gasteiger partial charge in [0.25, 0.3) is 5.91 Å². The molecule has 1 fully saturated rings. The molecule has 0 unspecified atom stereocenters. The van der Waals surface area contributed by atoms with Crippen LogP contribution >= 0.6 is 15.9 Å². The second kappa shape index (κ2) is 2.91. The molecule has 1 aromatic rings. The third-order valence-corrected chi connectivity index (χ3v) is 3.84. The Bertz CT molecular complexity index is 537. The summed E-state index contributed by atoms with van der Waals surface area (Å²) in [4.78, 5) is 23.3. The van der Waals surface area contributed by atoms with Crippen LogP contribution in [0.25, 0.3) is 0 Å². The van der Waals surface area contributed by atoms with Crippen LogP contribution in [-0.2, 0) is 10.2 Å². The van der Waals surface area contributed by atoms with Gasteiger partial charge in [0, 0.05) is 11.1 Å². The fraction of sp³-hybridized carbons (Fsp3) is 0.273. The predicted molar refractivity (Wildman–Crippen MR) is 57.5 cm³/mol. The van der Waals surface area contributed by atoms with Gasteiger partial charge in [-0.15, -0.1) is 0 Å². The average Bonchev–Trinajstić information content (AvgIpc) is 3.01. The van der Waals surface area contributed by atoms with Gasteiger partial charge in [0.2, 0.25) is 5.91 Å². The van der Waals surface area contributed by atoms with E-state index in [1.807, 2.05) is 0 Å². The van der Waals surface area contributed by atoms with Gasteiger partial charge in [-0.25, -0.2) is 4.39 Å². The lowest BCUT2D eigenvalue weighted by molar-refractivity contribution is -0.123. The van der Waals surface area contributed by atoms with Crippen LogP contribution in [0.15, 0.2) is 16.6 Å². The van der Waals surface area contributed by atoms with Crippen LogP contribution in [0.2, 0.25) is 0 Å². The highest BCUT2D eigenvalue weighted by molar-refractivity contribution is 9.10. The van der Waals surface area contributed by atoms with Crippen molar-refractivity contribution in [2.24, 2.45) is 0 Å². The Labute approximate surface area is 99.2 Å². The summed E-state index contributed by atoms with van der Waals surface area (Å²) in [6.07, 6.45) is 1.21. The van der Waals surface area contributed by atoms with Crippen LogP contribution in [0.1, 0.15) is 28.8 Å². The number of fused-ring (bicyclic) bond motifs is 2. The number of rotatable bonds is 0. The Morgan fingerprint density at radius 2 is 2.00 bits per heavy atom. The second-order valence-corrected chi connectivity index (χ2v) is 5.00. The molecule has 0 radical (unpaired) electrons. The molecule has 1 saturated carbocycles. The van der Waals surface area contributed by atoms with Crippen LogP contribution < -0.4 is 5.32 Å². The first-order chi connectivity index (χ1) is 7.56. The molecule has 1 N–H and O–H groups in total. The van der Waals surface area contributed by atoms with Gasteiger partial charge in [-0.3, -0.25) is 14.9 Å². The quantitative estimate of drug-likeness (QED) is 0.739. The molecule has 0 saturated heterocycles. The molecule has 2 aliphatic rings. The molecule has 1 aliphatic heterocycles. The Morgan fingerprint density at radius 1 is 1.31 bits per heavy atom. The third-order valence-electron chi connectivity index (χ3n) is 3.23. The van der Waals surface area contributed by atoms with Gasteiger partial charge in [0.15, 0.2) is 0 Å². The first-order valence-electron chi connectivity index (χ1n) is 4.90. The SMILES string of the molecule is O=C1NC(=O)C2(CC2)c2c1ccc(Br)c2F. The molecule has 0 bridgehead atoms. The van der Waals surface area contributed by atoms with E-state index in [2.05, 4.69) is 21.2 Å². The topological polar surface area (TPSA) is 46.2 Å². The molecule has 1 heterocycles. The minimum atomic E-state index is -0.795. The third kappa shape index (κ3) is 1.06. The number of hydrogen-bond donors (Lipinski definition) is 1. The molecular formula is C11H7BrFNO2. The van der Waals surface area contributed by atoms with Crippen molar-refractivity contribution in [1.82, 2.24) is 5.32 Å². The van der Waals surface area contributed by atoms with E-state index in [0.29, 0.717) is 17.3 Å². The number of nitrogens with one attached hydrogen (secondary N) is 1. The Balaban J connectivity index is 2.34. The fourth-order valence-electron chi connectivity index (χ4n) is 2.21. The van der Waals surface area contributed by atoms with Crippen molar-refractivity contribution in [2.75, 3.05) is 0 Å². The second-order valence-electron chi connectivity index (χ2n) is 4.15. The molecule has 82 valence electrons. The highest BCUT2D eigenvalue weighted by Crippen LogP contribution is 2.52. The lowest BCUT2D eigenvalue weighted by Gasteiger charge is -2.24. The normalized spacial score (nSPS) is 20.6. The van der Waals surface area contributed by atoms with Crippen molar-refractivity contribution in [2.45, 2.75) is 18.3 Å². The number of benzene rings is 1. The highest BCUT2D eigenvalue weighted by atomic mass is 79.9. The maximum Gasteiger partial charge on any atom is 0.258 e. The van der Waals surface area contributed by atoms with Crippen LogP contribution in [0.5, 0.6) is 0 Å². The number of carbonyl (C=O) groups is 2. The Morgan fingerprint density at radius 3 is 2.62 bits per heavy atom. The number of imide groups is 1. The van der Waals surface area contributed by atoms with Gasteiger partial charge in [-0.05, 0) is 40.9 Å². The summed E-state index contributed by atoms with van der Waals surface area (Å²) in [6.45, 7) is 0. The molecular weight excluding hydrogens is 277 g/mol. The van der Waals surface area contributed by atoms with E-state index in [4.69, 9.17) is 0 Å². The highest BCUT2D eigenvalue weighted by Gasteiger charge is 2.57. The summed E-state index contributed by atoms with van der Waals surface area (Å²) in [5, 5.41) is 2.28. The van der Waals surface area contributed by atoms with Crippen LogP contribution in [-0.4, -0.2) is 11.8 Å². The van der Waals surface area contributed by atoms with Crippen molar-refractivity contribution in [3.63, 3.8) is 0 Å². The summed E-state index contributed by atoms with van der Waals surface area (Å²) in [6, 6.07) is 3.03. The molecule has 5 heteroatoms. The summed E-state index contributed by atoms with van der Waals surface area (Å²) < 4.78 is 14.3. The van der Waals surface area contributed by atoms with Crippen LogP contribution in [0, 0.1) is 5.82 Å². The van der Waals surface area contributed by atoms with E-state index in [-0.39, 0.29) is 17.0 Å². The molecule has 16 heavy (non-hydrogen) atoms. The van der Waals surface area contributed by atoms with Gasteiger partial charge in [0.1, 0.15) is 5.82 Å². The number of carbonyl (C=O) groups excluding carboxylic acids is 2. The fourth-order valence-corrected chi connectivity index (χ4v) is 2.54. The average molecular weight is 284 g/mol. The summed E-state index contributed by atoms with van der Waals surface area (Å²) >= 11 is 3.08. The van der Waals surface area contributed by atoms with Crippen LogP contribution in [0.4, 0.5) is 4.39 Å². The van der Waals surface area contributed by atoms with Crippen LogP contribution in [0.3, 0.4) is 0 Å². The van der Waals surface area contributed by atoms with Gasteiger partial charge < -0.3 is 0 Å². The van der Waals surface area contributed by atoms with Crippen molar-refractivity contribution in [3.8, 4) is 0 Å². The Hall–Kier alpha value is -1.23. The van der Waals surface area contributed by atoms with E-state index in [9.17, 15) is 14.0 Å². The monoisotopic (exact) mass is 283 g/mol. The largest absolute Gasteiger partial charge is 0.292 e. The van der Waals surface area contributed by atoms with Gasteiger partial charge >= 0.3 is 0 Å². The number of amides is 2. The molecule has 1 aliphatic carbocycles. The molecule has 3 rings (SSSR count). The maximum atomic E-state index is 14.0. The molecule has 0 aromatic heterocycles. The van der Waals surface area contributed by atoms with Crippen molar-refractivity contribution in [1.29, 1.82) is 0 Å². The van der Waals surface area contributed by atoms with E-state index < -0.39 is 17.1 Å². The van der Waals surface area contributed by atoms with Gasteiger partial charge in [-0.2, -0.15) is 0 Å².